The van der Waals surface area contributed by atoms with E-state index in [2.05, 4.69) is 9.97 Å². The Morgan fingerprint density at radius 2 is 1.56 bits per heavy atom. The number of hydrogen-bond donors (Lipinski definition) is 0. The Morgan fingerprint density at radius 3 is 2.06 bits per heavy atom. The number of nitrogens with zero attached hydrogens (tertiary/aromatic N) is 2. The highest BCUT2D eigenvalue weighted by Crippen LogP contribution is 2.09. The molecule has 18 heavy (non-hydrogen) atoms. The summed E-state index contributed by atoms with van der Waals surface area (Å²) in [5, 5.41) is -0.285. The molecule has 0 fully saturated rings. The van der Waals surface area contributed by atoms with Crippen LogP contribution in [0, 0.1) is 0 Å². The summed E-state index contributed by atoms with van der Waals surface area (Å²) in [6, 6.07) is 8.65. The topological polar surface area (TPSA) is 77.0 Å². The van der Waals surface area contributed by atoms with Crippen molar-refractivity contribution in [2.24, 2.45) is 0 Å². The molecule has 0 aliphatic carbocycles. The quantitative estimate of drug-likeness (QED) is 0.611. The fourth-order valence-corrected chi connectivity index (χ4v) is 1.87. The molecule has 0 bridgehead atoms. The number of carbonyl (C=O) groups is 1. The molecule has 0 saturated carbocycles. The van der Waals surface area contributed by atoms with Crippen molar-refractivity contribution >= 4 is 15.6 Å². The highest BCUT2D eigenvalue weighted by Gasteiger charge is 2.13. The molecule has 0 spiro atoms. The summed E-state index contributed by atoms with van der Waals surface area (Å²) >= 11 is 0. The van der Waals surface area contributed by atoms with Crippen LogP contribution in [0.1, 0.15) is 15.9 Å². The molecule has 1 heterocycles. The first-order valence-corrected chi connectivity index (χ1v) is 6.99. The second-order valence-corrected chi connectivity index (χ2v) is 5.63. The van der Waals surface area contributed by atoms with Crippen LogP contribution in [0.15, 0.2) is 47.9 Å². The number of carbonyl (C=O) groups excluding carboxylic acids is 1. The summed E-state index contributed by atoms with van der Waals surface area (Å²) in [6.07, 6.45) is 3.46. The average Bonchev–Trinajstić information content (AvgIpc) is 2.38. The fourth-order valence-electron chi connectivity index (χ4n) is 1.38. The van der Waals surface area contributed by atoms with Gasteiger partial charge in [0.1, 0.15) is 0 Å². The van der Waals surface area contributed by atoms with Crippen LogP contribution in [0.3, 0.4) is 0 Å². The van der Waals surface area contributed by atoms with Crippen molar-refractivity contribution in [1.82, 2.24) is 9.97 Å². The number of ketones is 1. The van der Waals surface area contributed by atoms with Crippen molar-refractivity contribution in [2.45, 2.75) is 5.16 Å². The average molecular weight is 262 g/mol. The van der Waals surface area contributed by atoms with Crippen molar-refractivity contribution in [3.8, 4) is 0 Å². The number of sulfone groups is 1. The second-order valence-electron chi connectivity index (χ2n) is 3.72. The van der Waals surface area contributed by atoms with Crippen molar-refractivity contribution < 1.29 is 13.2 Å². The predicted octanol–water partition coefficient (Wildman–Crippen LogP) is 1.11. The Kier molecular flexibility index (Phi) is 3.20. The monoisotopic (exact) mass is 262 g/mol. The molecule has 0 aliphatic rings. The summed E-state index contributed by atoms with van der Waals surface area (Å²) in [6.45, 7) is 0. The normalized spacial score (nSPS) is 11.2. The molecule has 0 aliphatic heterocycles. The van der Waals surface area contributed by atoms with Gasteiger partial charge in [-0.3, -0.25) is 4.79 Å². The van der Waals surface area contributed by atoms with Gasteiger partial charge in [-0.25, -0.2) is 18.4 Å². The number of hydrogen-bond acceptors (Lipinski definition) is 5. The van der Waals surface area contributed by atoms with Gasteiger partial charge in [0.05, 0.1) is 5.56 Å². The van der Waals surface area contributed by atoms with Crippen LogP contribution in [0.4, 0.5) is 0 Å². The maximum absolute atomic E-state index is 12.0. The molecule has 0 N–H and O–H groups in total. The fraction of sp³-hybridized carbons (Fsp3) is 0.0833. The lowest BCUT2D eigenvalue weighted by atomic mass is 10.1. The minimum Gasteiger partial charge on any atom is -0.288 e. The van der Waals surface area contributed by atoms with Gasteiger partial charge in [0.25, 0.3) is 0 Å². The minimum absolute atomic E-state index is 0.240. The zero-order chi connectivity index (χ0) is 13.2. The summed E-state index contributed by atoms with van der Waals surface area (Å²) in [4.78, 5) is 19.3. The van der Waals surface area contributed by atoms with Gasteiger partial charge in [0.15, 0.2) is 5.78 Å². The lowest BCUT2D eigenvalue weighted by Crippen LogP contribution is -2.07. The third-order valence-corrected chi connectivity index (χ3v) is 3.13. The molecule has 2 rings (SSSR count). The van der Waals surface area contributed by atoms with Crippen molar-refractivity contribution in [1.29, 1.82) is 0 Å². The van der Waals surface area contributed by atoms with E-state index < -0.39 is 9.84 Å². The SMILES string of the molecule is CS(=O)(=O)c1ncc(C(=O)c2ccccc2)cn1. The van der Waals surface area contributed by atoms with Crippen molar-refractivity contribution in [3.05, 3.63) is 53.9 Å². The molecule has 0 atom stereocenters. The van der Waals surface area contributed by atoms with Gasteiger partial charge in [-0.2, -0.15) is 0 Å². The molecular formula is C12H10N2O3S. The van der Waals surface area contributed by atoms with Gasteiger partial charge < -0.3 is 0 Å². The molecule has 0 amide bonds. The standard InChI is InChI=1S/C12H10N2O3S/c1-18(16,17)12-13-7-10(8-14-12)11(15)9-5-3-2-4-6-9/h2-8H,1H3. The second kappa shape index (κ2) is 4.66. The van der Waals surface area contributed by atoms with Crippen LogP contribution >= 0.6 is 0 Å². The van der Waals surface area contributed by atoms with E-state index in [0.29, 0.717) is 5.56 Å². The first-order valence-electron chi connectivity index (χ1n) is 5.10. The zero-order valence-electron chi connectivity index (χ0n) is 9.57. The van der Waals surface area contributed by atoms with E-state index in [4.69, 9.17) is 0 Å². The Labute approximate surface area is 104 Å². The first kappa shape index (κ1) is 12.4. The van der Waals surface area contributed by atoms with Gasteiger partial charge in [0, 0.05) is 24.2 Å². The molecule has 2 aromatic rings. The molecule has 5 nitrogen and oxygen atoms in total. The first-order chi connectivity index (χ1) is 8.48. The van der Waals surface area contributed by atoms with Crippen LogP contribution in [-0.2, 0) is 9.84 Å². The summed E-state index contributed by atoms with van der Waals surface area (Å²) in [7, 11) is -3.44. The van der Waals surface area contributed by atoms with E-state index >= 15 is 0 Å². The largest absolute Gasteiger partial charge is 0.288 e. The van der Waals surface area contributed by atoms with Crippen molar-refractivity contribution in [3.63, 3.8) is 0 Å². The number of benzene rings is 1. The molecule has 0 unspecified atom stereocenters. The van der Waals surface area contributed by atoms with Crippen LogP contribution in [0.5, 0.6) is 0 Å². The maximum Gasteiger partial charge on any atom is 0.246 e. The summed E-state index contributed by atoms with van der Waals surface area (Å²) in [5.41, 5.74) is 0.766. The Bertz CT molecular complexity index is 664. The smallest absolute Gasteiger partial charge is 0.246 e. The van der Waals surface area contributed by atoms with Gasteiger partial charge in [-0.15, -0.1) is 0 Å². The highest BCUT2D eigenvalue weighted by molar-refractivity contribution is 7.90. The van der Waals surface area contributed by atoms with Crippen LogP contribution in [0.25, 0.3) is 0 Å². The predicted molar refractivity (Wildman–Crippen MR) is 65.0 cm³/mol. The summed E-state index contributed by atoms with van der Waals surface area (Å²) < 4.78 is 22.3. The van der Waals surface area contributed by atoms with E-state index in [0.717, 1.165) is 6.26 Å². The lowest BCUT2D eigenvalue weighted by Gasteiger charge is -2.01. The molecule has 92 valence electrons. The van der Waals surface area contributed by atoms with Gasteiger partial charge >= 0.3 is 0 Å². The molecule has 1 aromatic heterocycles. The maximum atomic E-state index is 12.0. The van der Waals surface area contributed by atoms with Gasteiger partial charge in [0.2, 0.25) is 15.0 Å². The van der Waals surface area contributed by atoms with Crippen LogP contribution in [-0.4, -0.2) is 30.4 Å². The molecule has 0 saturated heterocycles. The van der Waals surface area contributed by atoms with Crippen LogP contribution < -0.4 is 0 Å². The van der Waals surface area contributed by atoms with E-state index in [1.165, 1.54) is 12.4 Å². The van der Waals surface area contributed by atoms with E-state index in [1.54, 1.807) is 30.3 Å². The highest BCUT2D eigenvalue weighted by atomic mass is 32.2. The summed E-state index contributed by atoms with van der Waals surface area (Å²) in [5.74, 6) is -0.240. The van der Waals surface area contributed by atoms with Crippen molar-refractivity contribution in [2.75, 3.05) is 6.26 Å². The molecule has 1 aromatic carbocycles. The molecule has 0 radical (unpaired) electrons. The Balaban J connectivity index is 2.34. The zero-order valence-corrected chi connectivity index (χ0v) is 10.4. The van der Waals surface area contributed by atoms with E-state index in [-0.39, 0.29) is 16.5 Å². The Morgan fingerprint density at radius 1 is 1.00 bits per heavy atom. The number of aromatic nitrogens is 2. The van der Waals surface area contributed by atoms with E-state index in [9.17, 15) is 13.2 Å². The third-order valence-electron chi connectivity index (χ3n) is 2.26. The number of rotatable bonds is 3. The lowest BCUT2D eigenvalue weighted by molar-refractivity contribution is 0.103. The molecular weight excluding hydrogens is 252 g/mol. The van der Waals surface area contributed by atoms with Crippen LogP contribution in [0.2, 0.25) is 0 Å². The minimum atomic E-state index is -3.44. The molecule has 6 heteroatoms. The van der Waals surface area contributed by atoms with Gasteiger partial charge in [-0.1, -0.05) is 30.3 Å². The van der Waals surface area contributed by atoms with E-state index in [1.807, 2.05) is 0 Å². The Hall–Kier alpha value is -2.08. The third kappa shape index (κ3) is 2.60. The van der Waals surface area contributed by atoms with Gasteiger partial charge in [-0.05, 0) is 0 Å².